The van der Waals surface area contributed by atoms with Crippen molar-refractivity contribution < 1.29 is 22.7 Å². The number of aromatic nitrogens is 3. The van der Waals surface area contributed by atoms with Gasteiger partial charge >= 0.3 is 6.18 Å². The zero-order valence-corrected chi connectivity index (χ0v) is 17.0. The van der Waals surface area contributed by atoms with Gasteiger partial charge in [0.05, 0.1) is 18.4 Å². The molecular formula is C20H19F3N4O2S. The molecule has 0 aliphatic rings. The van der Waals surface area contributed by atoms with Crippen LogP contribution < -0.4 is 10.1 Å². The van der Waals surface area contributed by atoms with Crippen molar-refractivity contribution in [1.29, 1.82) is 0 Å². The lowest BCUT2D eigenvalue weighted by atomic mass is 10.2. The number of hydrogen-bond donors (Lipinski definition) is 1. The summed E-state index contributed by atoms with van der Waals surface area (Å²) >= 11 is 1.16. The first-order chi connectivity index (χ1) is 14.3. The second-order valence-corrected chi connectivity index (χ2v) is 7.14. The molecule has 158 valence electrons. The molecule has 1 amide bonds. The van der Waals surface area contributed by atoms with E-state index >= 15 is 0 Å². The summed E-state index contributed by atoms with van der Waals surface area (Å²) in [5.41, 5.74) is 0.125. The zero-order valence-electron chi connectivity index (χ0n) is 16.2. The van der Waals surface area contributed by atoms with Gasteiger partial charge in [0.15, 0.2) is 11.0 Å². The largest absolute Gasteiger partial charge is 0.497 e. The molecule has 0 radical (unpaired) electrons. The Balaban J connectivity index is 1.67. The number of nitrogens with one attached hydrogen (secondary N) is 1. The number of ether oxygens (including phenoxy) is 1. The number of halogens is 3. The minimum atomic E-state index is -4.47. The highest BCUT2D eigenvalue weighted by atomic mass is 32.2. The summed E-state index contributed by atoms with van der Waals surface area (Å²) in [6.07, 6.45) is -4.47. The summed E-state index contributed by atoms with van der Waals surface area (Å²) in [7, 11) is 1.59. The van der Waals surface area contributed by atoms with Crippen LogP contribution in [0.3, 0.4) is 0 Å². The predicted molar refractivity (Wildman–Crippen MR) is 108 cm³/mol. The number of benzene rings is 2. The first-order valence-electron chi connectivity index (χ1n) is 8.99. The molecule has 0 saturated carbocycles. The van der Waals surface area contributed by atoms with Crippen molar-refractivity contribution in [2.24, 2.45) is 0 Å². The summed E-state index contributed by atoms with van der Waals surface area (Å²) in [6.45, 7) is 2.52. The summed E-state index contributed by atoms with van der Waals surface area (Å²) in [6, 6.07) is 11.9. The Bertz CT molecular complexity index is 1020. The Hall–Kier alpha value is -3.01. The molecule has 6 nitrogen and oxygen atoms in total. The van der Waals surface area contributed by atoms with Crippen molar-refractivity contribution in [3.63, 3.8) is 0 Å². The van der Waals surface area contributed by atoms with Crippen molar-refractivity contribution in [1.82, 2.24) is 14.8 Å². The van der Waals surface area contributed by atoms with Crippen LogP contribution >= 0.6 is 11.8 Å². The topological polar surface area (TPSA) is 69.0 Å². The summed E-state index contributed by atoms with van der Waals surface area (Å²) in [4.78, 5) is 12.2. The number of nitrogens with zero attached hydrogens (tertiary/aromatic N) is 3. The maximum atomic E-state index is 12.8. The second kappa shape index (κ2) is 9.21. The fourth-order valence-electron chi connectivity index (χ4n) is 2.73. The quantitative estimate of drug-likeness (QED) is 0.543. The van der Waals surface area contributed by atoms with Crippen LogP contribution in [0.2, 0.25) is 0 Å². The maximum Gasteiger partial charge on any atom is 0.416 e. The van der Waals surface area contributed by atoms with E-state index in [1.54, 1.807) is 7.11 Å². The average molecular weight is 436 g/mol. The van der Waals surface area contributed by atoms with Crippen molar-refractivity contribution in [3.8, 4) is 17.1 Å². The second-order valence-electron chi connectivity index (χ2n) is 6.19. The van der Waals surface area contributed by atoms with Crippen LogP contribution in [0.1, 0.15) is 12.5 Å². The molecule has 0 unspecified atom stereocenters. The molecular weight excluding hydrogens is 417 g/mol. The Morgan fingerprint density at radius 1 is 1.17 bits per heavy atom. The van der Waals surface area contributed by atoms with Crippen LogP contribution in [-0.2, 0) is 17.5 Å². The molecule has 3 rings (SSSR count). The molecule has 30 heavy (non-hydrogen) atoms. The molecule has 2 aromatic carbocycles. The van der Waals surface area contributed by atoms with Gasteiger partial charge in [0, 0.05) is 17.8 Å². The number of amides is 1. The fraction of sp³-hybridized carbons (Fsp3) is 0.250. The van der Waals surface area contributed by atoms with Crippen LogP contribution in [0.15, 0.2) is 53.7 Å². The van der Waals surface area contributed by atoms with Gasteiger partial charge < -0.3 is 14.6 Å². The van der Waals surface area contributed by atoms with E-state index in [1.807, 2.05) is 35.8 Å². The maximum absolute atomic E-state index is 12.8. The van der Waals surface area contributed by atoms with E-state index in [9.17, 15) is 18.0 Å². The number of hydrogen-bond acceptors (Lipinski definition) is 5. The number of alkyl halides is 3. The predicted octanol–water partition coefficient (Wildman–Crippen LogP) is 4.72. The minimum Gasteiger partial charge on any atom is -0.497 e. The Morgan fingerprint density at radius 2 is 1.90 bits per heavy atom. The lowest BCUT2D eigenvalue weighted by Crippen LogP contribution is -2.15. The van der Waals surface area contributed by atoms with Gasteiger partial charge in [-0.3, -0.25) is 4.79 Å². The molecule has 10 heteroatoms. The summed E-state index contributed by atoms with van der Waals surface area (Å²) in [5, 5.41) is 11.4. The molecule has 3 aromatic rings. The molecule has 0 atom stereocenters. The monoisotopic (exact) mass is 436 g/mol. The van der Waals surface area contributed by atoms with Crippen molar-refractivity contribution in [2.45, 2.75) is 24.8 Å². The lowest BCUT2D eigenvalue weighted by Gasteiger charge is -2.10. The first-order valence-corrected chi connectivity index (χ1v) is 9.98. The van der Waals surface area contributed by atoms with Gasteiger partial charge in [-0.05, 0) is 49.4 Å². The van der Waals surface area contributed by atoms with Gasteiger partial charge in [-0.1, -0.05) is 17.8 Å². The standard InChI is InChI=1S/C20H19F3N4O2S/c1-3-27-18(13-7-9-16(29-2)10-8-13)25-26-19(27)30-12-17(28)24-15-6-4-5-14(11-15)20(21,22)23/h4-11H,3,12H2,1-2H3,(H,24,28). The number of carbonyl (C=O) groups excluding carboxylic acids is 1. The molecule has 1 aromatic heterocycles. The normalized spacial score (nSPS) is 11.4. The van der Waals surface area contributed by atoms with E-state index in [4.69, 9.17) is 4.74 Å². The van der Waals surface area contributed by atoms with Gasteiger partial charge in [-0.2, -0.15) is 13.2 Å². The van der Waals surface area contributed by atoms with E-state index < -0.39 is 17.6 Å². The van der Waals surface area contributed by atoms with Gasteiger partial charge in [0.1, 0.15) is 5.75 Å². The van der Waals surface area contributed by atoms with E-state index in [0.717, 1.165) is 35.2 Å². The highest BCUT2D eigenvalue weighted by molar-refractivity contribution is 7.99. The lowest BCUT2D eigenvalue weighted by molar-refractivity contribution is -0.137. The smallest absolute Gasteiger partial charge is 0.416 e. The van der Waals surface area contributed by atoms with Crippen molar-refractivity contribution in [3.05, 3.63) is 54.1 Å². The first kappa shape index (κ1) is 21.7. The number of anilines is 1. The third-order valence-corrected chi connectivity index (χ3v) is 5.15. The highest BCUT2D eigenvalue weighted by Gasteiger charge is 2.30. The minimum absolute atomic E-state index is 0.0169. The van der Waals surface area contributed by atoms with E-state index in [1.165, 1.54) is 12.1 Å². The highest BCUT2D eigenvalue weighted by Crippen LogP contribution is 2.31. The van der Waals surface area contributed by atoms with Gasteiger partial charge in [-0.15, -0.1) is 10.2 Å². The molecule has 0 bridgehead atoms. The molecule has 0 aliphatic heterocycles. The molecule has 0 fully saturated rings. The zero-order chi connectivity index (χ0) is 21.7. The molecule has 0 spiro atoms. The van der Waals surface area contributed by atoms with Crippen LogP contribution in [0.4, 0.5) is 18.9 Å². The number of methoxy groups -OCH3 is 1. The SMILES string of the molecule is CCn1c(SCC(=O)Nc2cccc(C(F)(F)F)c2)nnc1-c1ccc(OC)cc1. The van der Waals surface area contributed by atoms with Gasteiger partial charge in [0.25, 0.3) is 0 Å². The van der Waals surface area contributed by atoms with Crippen molar-refractivity contribution >= 4 is 23.4 Å². The van der Waals surface area contributed by atoms with Gasteiger partial charge in [-0.25, -0.2) is 0 Å². The van der Waals surface area contributed by atoms with Crippen LogP contribution in [-0.4, -0.2) is 33.5 Å². The van der Waals surface area contributed by atoms with Crippen LogP contribution in [0.25, 0.3) is 11.4 Å². The average Bonchev–Trinajstić information content (AvgIpc) is 3.15. The summed E-state index contributed by atoms with van der Waals surface area (Å²) in [5.74, 6) is 0.927. The van der Waals surface area contributed by atoms with Crippen LogP contribution in [0.5, 0.6) is 5.75 Å². The Morgan fingerprint density at radius 3 is 2.53 bits per heavy atom. The Kier molecular flexibility index (Phi) is 6.66. The molecule has 1 heterocycles. The van der Waals surface area contributed by atoms with Crippen molar-refractivity contribution in [2.75, 3.05) is 18.2 Å². The number of rotatable bonds is 7. The van der Waals surface area contributed by atoms with E-state index in [0.29, 0.717) is 17.5 Å². The third kappa shape index (κ3) is 5.12. The van der Waals surface area contributed by atoms with E-state index in [-0.39, 0.29) is 11.4 Å². The molecule has 1 N–H and O–H groups in total. The number of carbonyl (C=O) groups is 1. The fourth-order valence-corrected chi connectivity index (χ4v) is 3.54. The van der Waals surface area contributed by atoms with Gasteiger partial charge in [0.2, 0.25) is 5.91 Å². The third-order valence-electron chi connectivity index (χ3n) is 4.19. The number of thioether (sulfide) groups is 1. The molecule has 0 aliphatic carbocycles. The molecule has 0 saturated heterocycles. The Labute approximate surface area is 175 Å². The van der Waals surface area contributed by atoms with E-state index in [2.05, 4.69) is 15.5 Å². The summed E-state index contributed by atoms with van der Waals surface area (Å²) < 4.78 is 45.4. The van der Waals surface area contributed by atoms with Crippen LogP contribution in [0, 0.1) is 0 Å².